The van der Waals surface area contributed by atoms with Gasteiger partial charge in [0.15, 0.2) is 18.2 Å². The van der Waals surface area contributed by atoms with Gasteiger partial charge in [0.2, 0.25) is 11.8 Å². The molecule has 0 bridgehead atoms. The summed E-state index contributed by atoms with van der Waals surface area (Å²) in [6.45, 7) is 14.1. The molecule has 18 heteroatoms. The number of aryl methyl sites for hydroxylation is 1. The van der Waals surface area contributed by atoms with Crippen LogP contribution in [-0.4, -0.2) is 140 Å². The number of rotatable bonds is 12. The minimum absolute atomic E-state index is 0.0133. The predicted octanol–water partition coefficient (Wildman–Crippen LogP) is 5.08. The number of thiazole rings is 1. The zero-order valence-electron chi connectivity index (χ0n) is 38.0. The van der Waals surface area contributed by atoms with Gasteiger partial charge in [-0.1, -0.05) is 57.2 Å². The van der Waals surface area contributed by atoms with Crippen LogP contribution >= 0.6 is 11.3 Å². The number of carbonyl (C=O) groups excluding carboxylic acids is 3. The number of anilines is 2. The predicted molar refractivity (Wildman–Crippen MR) is 249 cm³/mol. The average molecular weight is 919 g/mol. The maximum atomic E-state index is 14.2. The van der Waals surface area contributed by atoms with Crippen molar-refractivity contribution < 1.29 is 33.9 Å². The molecule has 7 atom stereocenters. The topological polar surface area (TPSA) is 203 Å². The summed E-state index contributed by atoms with van der Waals surface area (Å²) in [5, 5.41) is 40.6. The maximum Gasteiger partial charge on any atom is 0.260 e. The maximum absolute atomic E-state index is 14.2. The van der Waals surface area contributed by atoms with Gasteiger partial charge in [-0.05, 0) is 66.6 Å². The number of carbonyl (C=O) groups is 3. The Kier molecular flexibility index (Phi) is 13.0. The van der Waals surface area contributed by atoms with Gasteiger partial charge in [0.05, 0.1) is 45.7 Å². The summed E-state index contributed by atoms with van der Waals surface area (Å²) in [4.78, 5) is 55.2. The molecule has 3 amide bonds. The third-order valence-corrected chi connectivity index (χ3v) is 14.7. The van der Waals surface area contributed by atoms with Gasteiger partial charge in [0.25, 0.3) is 11.8 Å². The first kappa shape index (κ1) is 45.1. The summed E-state index contributed by atoms with van der Waals surface area (Å²) in [6.07, 6.45) is 0.0929. The van der Waals surface area contributed by atoms with E-state index in [0.717, 1.165) is 65.8 Å². The number of phenols is 1. The number of nitrogens with one attached hydrogen (secondary N) is 2. The number of hydrogen-bond acceptors (Lipinski definition) is 15. The fraction of sp³-hybridized carbons (Fsp3) is 0.479. The molecule has 66 heavy (non-hydrogen) atoms. The number of ether oxygens (including phenoxy) is 1. The van der Waals surface area contributed by atoms with E-state index >= 15 is 0 Å². The van der Waals surface area contributed by atoms with Crippen LogP contribution in [0.2, 0.25) is 0 Å². The van der Waals surface area contributed by atoms with Crippen molar-refractivity contribution in [1.82, 2.24) is 40.4 Å². The quantitative estimate of drug-likeness (QED) is 0.129. The van der Waals surface area contributed by atoms with Gasteiger partial charge in [-0.3, -0.25) is 19.3 Å². The molecule has 0 spiro atoms. The zero-order chi connectivity index (χ0) is 46.2. The van der Waals surface area contributed by atoms with E-state index in [9.17, 15) is 24.6 Å². The van der Waals surface area contributed by atoms with E-state index in [4.69, 9.17) is 9.26 Å². The molecule has 3 fully saturated rings. The van der Waals surface area contributed by atoms with Crippen molar-refractivity contribution in [1.29, 1.82) is 0 Å². The normalized spacial score (nSPS) is 22.9. The first-order valence-corrected chi connectivity index (χ1v) is 23.8. The second-order valence-corrected chi connectivity index (χ2v) is 19.3. The van der Waals surface area contributed by atoms with Crippen molar-refractivity contribution in [2.75, 3.05) is 62.6 Å². The zero-order valence-corrected chi connectivity index (χ0v) is 38.8. The van der Waals surface area contributed by atoms with E-state index in [0.29, 0.717) is 30.4 Å². The minimum Gasteiger partial charge on any atom is -0.507 e. The van der Waals surface area contributed by atoms with Crippen LogP contribution in [0.25, 0.3) is 21.7 Å². The number of aliphatic hydroxyl groups excluding tert-OH is 1. The van der Waals surface area contributed by atoms with Crippen molar-refractivity contribution in [3.8, 4) is 33.3 Å². The smallest absolute Gasteiger partial charge is 0.260 e. The second-order valence-electron chi connectivity index (χ2n) is 18.5. The number of phenolic OH excluding ortho intramolecular Hbond substituents is 1. The van der Waals surface area contributed by atoms with E-state index < -0.39 is 18.1 Å². The van der Waals surface area contributed by atoms with Crippen LogP contribution in [0, 0.1) is 18.8 Å². The Hall–Kier alpha value is -6.11. The van der Waals surface area contributed by atoms with Gasteiger partial charge in [-0.2, -0.15) is 0 Å². The molecular formula is C48H58N10O7S. The Bertz CT molecular complexity index is 2550. The number of nitrogens with zero attached hydrogens (tertiary/aromatic N) is 8. The van der Waals surface area contributed by atoms with Crippen LogP contribution in [0.5, 0.6) is 11.6 Å². The summed E-state index contributed by atoms with van der Waals surface area (Å²) in [5.41, 5.74) is 7.03. The van der Waals surface area contributed by atoms with Crippen LogP contribution in [0.1, 0.15) is 69.5 Å². The molecule has 4 aliphatic rings. The lowest BCUT2D eigenvalue weighted by Crippen LogP contribution is -2.62. The van der Waals surface area contributed by atoms with E-state index in [1.807, 2.05) is 80.6 Å². The highest BCUT2D eigenvalue weighted by Gasteiger charge is 2.44. The van der Waals surface area contributed by atoms with Crippen LogP contribution in [0.15, 0.2) is 70.7 Å². The lowest BCUT2D eigenvalue weighted by molar-refractivity contribution is -0.141. The molecule has 4 N–H and O–H groups in total. The van der Waals surface area contributed by atoms with Gasteiger partial charge in [-0.15, -0.1) is 21.5 Å². The molecule has 0 radical (unpaired) electrons. The average Bonchev–Trinajstić information content (AvgIpc) is 4.07. The van der Waals surface area contributed by atoms with Gasteiger partial charge in [-0.25, -0.2) is 4.98 Å². The van der Waals surface area contributed by atoms with Crippen molar-refractivity contribution >= 4 is 40.6 Å². The first-order valence-electron chi connectivity index (χ1n) is 22.9. The van der Waals surface area contributed by atoms with E-state index in [1.165, 1.54) is 4.90 Å². The number of piperidine rings is 1. The van der Waals surface area contributed by atoms with Crippen LogP contribution < -0.4 is 20.3 Å². The highest BCUT2D eigenvalue weighted by molar-refractivity contribution is 7.13. The number of piperazine rings is 1. The number of hydrogen-bond donors (Lipinski definition) is 4. The molecule has 9 rings (SSSR count). The fourth-order valence-corrected chi connectivity index (χ4v) is 11.0. The third kappa shape index (κ3) is 9.18. The summed E-state index contributed by atoms with van der Waals surface area (Å²) in [5.74, 6) is -0.383. The van der Waals surface area contributed by atoms with Crippen molar-refractivity contribution in [2.45, 2.75) is 83.6 Å². The molecule has 0 aliphatic carbocycles. The number of fused-ring (bicyclic) bond motifs is 3. The SMILES string of the molecule is Cc1ncsc1-c1ccc([C@H](C)NC(=O)[C@@H]2C[C@@H](O)CN2C(=O)[C@@H](c2cc(OCC(=O)N3CC[C@H](N4CCN5c6cc(-c7ccccc7O)nnc6NC[C@H]5C4)[C@@H](C)C3)no2)C(C)C)cc1. The Morgan fingerprint density at radius 3 is 2.56 bits per heavy atom. The van der Waals surface area contributed by atoms with Crippen molar-refractivity contribution in [3.05, 3.63) is 83.2 Å². The standard InChI is InChI=1S/C48H58N10O7S/c1-27(2)44(48(63)58-24-34(59)18-39(58)47(62)51-29(4)31-10-12-32(13-11-31)45-30(5)50-26-66-45)41-20-42(54-65-41)64-25-43(61)56-15-14-37(28(3)22-56)55-16-17-57-33(23-55)21-49-46-38(57)19-36(52-53-46)35-8-6-7-9-40(35)60/h6-13,19-20,26-29,33-34,37,39,44,59-60H,14-18,21-25H2,1-5H3,(H,49,53)(H,51,62)/t28-,29-,33-,34+,37-,39-,44+/m0/s1. The summed E-state index contributed by atoms with van der Waals surface area (Å²) < 4.78 is 11.5. The minimum atomic E-state index is -0.870. The highest BCUT2D eigenvalue weighted by atomic mass is 32.1. The largest absolute Gasteiger partial charge is 0.507 e. The van der Waals surface area contributed by atoms with Crippen LogP contribution in [0.4, 0.5) is 11.5 Å². The number of β-amino-alcohol motifs (C(OH)–C–C–N with tert-alkyl or cyclic N) is 1. The van der Waals surface area contributed by atoms with Gasteiger partial charge in [0, 0.05) is 69.9 Å². The number of likely N-dealkylation sites (tertiary alicyclic amines) is 2. The van der Waals surface area contributed by atoms with Gasteiger partial charge < -0.3 is 44.8 Å². The first-order chi connectivity index (χ1) is 31.8. The molecular weight excluding hydrogens is 861 g/mol. The number of amides is 3. The fourth-order valence-electron chi connectivity index (χ4n) is 10.2. The molecule has 3 saturated heterocycles. The lowest BCUT2D eigenvalue weighted by atomic mass is 9.90. The Morgan fingerprint density at radius 2 is 1.82 bits per heavy atom. The number of para-hydroxylation sites is 1. The van der Waals surface area contributed by atoms with E-state index in [-0.39, 0.29) is 78.6 Å². The van der Waals surface area contributed by atoms with E-state index in [1.54, 1.807) is 29.5 Å². The number of aromatic nitrogens is 4. The van der Waals surface area contributed by atoms with Crippen LogP contribution in [0.3, 0.4) is 0 Å². The monoisotopic (exact) mass is 918 g/mol. The molecule has 0 saturated carbocycles. The molecule has 2 aromatic carbocycles. The molecule has 0 unspecified atom stereocenters. The number of benzene rings is 2. The molecule has 348 valence electrons. The van der Waals surface area contributed by atoms with E-state index in [2.05, 4.69) is 47.7 Å². The lowest BCUT2D eigenvalue weighted by Gasteiger charge is -2.50. The van der Waals surface area contributed by atoms with Gasteiger partial charge in [0.1, 0.15) is 17.7 Å². The van der Waals surface area contributed by atoms with Gasteiger partial charge >= 0.3 is 0 Å². The molecule has 7 heterocycles. The molecule has 17 nitrogen and oxygen atoms in total. The summed E-state index contributed by atoms with van der Waals surface area (Å²) in [6, 6.07) is 18.0. The number of aromatic hydroxyl groups is 1. The Labute approximate surface area is 388 Å². The molecule has 4 aliphatic heterocycles. The Morgan fingerprint density at radius 1 is 1.02 bits per heavy atom. The highest BCUT2D eigenvalue weighted by Crippen LogP contribution is 2.38. The summed E-state index contributed by atoms with van der Waals surface area (Å²) in [7, 11) is 0. The Balaban J connectivity index is 0.768. The van der Waals surface area contributed by atoms with Crippen molar-refractivity contribution in [2.24, 2.45) is 11.8 Å². The number of aliphatic hydroxyl groups is 1. The second kappa shape index (κ2) is 19.0. The molecule has 3 aromatic heterocycles. The third-order valence-electron chi connectivity index (χ3n) is 13.7. The molecule has 5 aromatic rings. The van der Waals surface area contributed by atoms with Crippen LogP contribution in [-0.2, 0) is 14.4 Å². The van der Waals surface area contributed by atoms with Crippen molar-refractivity contribution in [3.63, 3.8) is 0 Å². The summed E-state index contributed by atoms with van der Waals surface area (Å²) >= 11 is 1.58.